The molecule has 0 spiro atoms. The van der Waals surface area contributed by atoms with Crippen LogP contribution in [0.1, 0.15) is 43.2 Å². The number of anilines is 1. The van der Waals surface area contributed by atoms with Crippen LogP contribution in [0.5, 0.6) is 0 Å². The first-order chi connectivity index (χ1) is 15.9. The van der Waals surface area contributed by atoms with Crippen LogP contribution in [0.2, 0.25) is 0 Å². The van der Waals surface area contributed by atoms with Gasteiger partial charge in [-0.05, 0) is 56.5 Å². The van der Waals surface area contributed by atoms with Crippen molar-refractivity contribution in [2.75, 3.05) is 31.5 Å². The van der Waals surface area contributed by atoms with Crippen LogP contribution in [0.15, 0.2) is 18.2 Å². The maximum absolute atomic E-state index is 13.6. The minimum atomic E-state index is -2.91. The molecular weight excluding hydrogens is 438 g/mol. The van der Waals surface area contributed by atoms with E-state index in [0.717, 1.165) is 38.9 Å². The molecule has 2 bridgehead atoms. The van der Waals surface area contributed by atoms with E-state index in [4.69, 9.17) is 9.90 Å². The molecule has 12 heteroatoms. The number of urea groups is 1. The number of benzene rings is 1. The van der Waals surface area contributed by atoms with Gasteiger partial charge in [0, 0.05) is 30.2 Å². The van der Waals surface area contributed by atoms with Gasteiger partial charge in [0.1, 0.15) is 0 Å². The summed E-state index contributed by atoms with van der Waals surface area (Å²) < 4.78 is 27.7. The van der Waals surface area contributed by atoms with Gasteiger partial charge < -0.3 is 26.0 Å². The first-order valence-corrected chi connectivity index (χ1v) is 10.8. The first kappa shape index (κ1) is 24.4. The molecule has 10 nitrogen and oxygen atoms in total. The van der Waals surface area contributed by atoms with Gasteiger partial charge in [-0.1, -0.05) is 6.92 Å². The maximum atomic E-state index is 13.6. The lowest BCUT2D eigenvalue weighted by molar-refractivity contribution is -0.122. The first-order valence-electron chi connectivity index (χ1n) is 10.8. The number of piperidine rings is 3. The molecule has 2 aromatic rings. The Morgan fingerprint density at radius 1 is 1.30 bits per heavy atom. The quantitative estimate of drug-likeness (QED) is 0.484. The van der Waals surface area contributed by atoms with Crippen LogP contribution in [-0.4, -0.2) is 70.4 Å². The third kappa shape index (κ3) is 5.75. The van der Waals surface area contributed by atoms with Crippen LogP contribution in [0, 0.1) is 5.92 Å². The van der Waals surface area contributed by atoms with Gasteiger partial charge in [0.2, 0.25) is 0 Å². The highest BCUT2D eigenvalue weighted by Gasteiger charge is 2.35. The smallest absolute Gasteiger partial charge is 0.333 e. The van der Waals surface area contributed by atoms with E-state index >= 15 is 0 Å². The number of hydrogen-bond donors (Lipinski definition) is 4. The molecule has 3 aliphatic rings. The van der Waals surface area contributed by atoms with Crippen LogP contribution in [-0.2, 0) is 4.79 Å². The van der Waals surface area contributed by atoms with Crippen molar-refractivity contribution >= 4 is 35.0 Å². The third-order valence-corrected chi connectivity index (χ3v) is 5.87. The molecule has 3 fully saturated rings. The Labute approximate surface area is 189 Å². The van der Waals surface area contributed by atoms with E-state index in [-0.39, 0.29) is 23.7 Å². The van der Waals surface area contributed by atoms with Crippen LogP contribution >= 0.6 is 0 Å². The molecule has 3 aliphatic heterocycles. The monoisotopic (exact) mass is 466 g/mol. The third-order valence-electron chi connectivity index (χ3n) is 5.87. The van der Waals surface area contributed by atoms with Crippen molar-refractivity contribution in [1.29, 1.82) is 0 Å². The Morgan fingerprint density at radius 3 is 2.58 bits per heavy atom. The van der Waals surface area contributed by atoms with Crippen molar-refractivity contribution in [2.45, 2.75) is 38.8 Å². The fourth-order valence-electron chi connectivity index (χ4n) is 4.31. The minimum Gasteiger partial charge on any atom is -0.483 e. The topological polar surface area (TPSA) is 129 Å². The Bertz CT molecular complexity index is 991. The predicted octanol–water partition coefficient (Wildman–Crippen LogP) is 2.49. The highest BCUT2D eigenvalue weighted by Crippen LogP contribution is 2.29. The van der Waals surface area contributed by atoms with E-state index < -0.39 is 18.5 Å². The van der Waals surface area contributed by atoms with Gasteiger partial charge in [0.15, 0.2) is 5.69 Å². The molecule has 4 N–H and O–H groups in total. The molecule has 0 saturated carbocycles. The molecule has 3 saturated heterocycles. The van der Waals surface area contributed by atoms with E-state index in [1.54, 1.807) is 12.1 Å². The molecular formula is C21H28F2N6O4. The lowest BCUT2D eigenvalue weighted by Crippen LogP contribution is -2.57. The number of carbonyl (C=O) groups excluding carboxylic acids is 2. The summed E-state index contributed by atoms with van der Waals surface area (Å²) in [6.07, 6.45) is 2.85. The molecule has 0 radical (unpaired) electrons. The molecule has 180 valence electrons. The number of alkyl halides is 2. The molecule has 5 rings (SSSR count). The molecule has 0 unspecified atom stereocenters. The fraction of sp³-hybridized carbons (Fsp3) is 0.524. The van der Waals surface area contributed by atoms with Gasteiger partial charge >= 0.3 is 12.6 Å². The molecule has 4 heterocycles. The second-order valence-electron chi connectivity index (χ2n) is 8.01. The number of rotatable bonds is 6. The average Bonchev–Trinajstić information content (AvgIpc) is 3.18. The molecule has 1 atom stereocenters. The number of aromatic nitrogens is 2. The Kier molecular flexibility index (Phi) is 8.15. The fourth-order valence-corrected chi connectivity index (χ4v) is 4.31. The summed E-state index contributed by atoms with van der Waals surface area (Å²) in [7, 11) is 0. The van der Waals surface area contributed by atoms with Gasteiger partial charge in [0.25, 0.3) is 12.4 Å². The molecule has 1 aromatic heterocycles. The summed E-state index contributed by atoms with van der Waals surface area (Å²) in [5, 5.41) is 19.4. The standard InChI is InChI=1S/C20H26F2N6O2.CH2O2/c1-2-7-23-20(30)24-13-3-4-14-16(10-13)28(19(21)22)26-17(14)18(29)25-15-11-27-8-5-12(15)6-9-27;2-1-3/h3-4,10,12,15,19H,2,5-9,11H2,1H3,(H,25,29)(H2,23,24,30);1H,(H,2,3)/t15-;/m1./s1. The van der Waals surface area contributed by atoms with E-state index in [2.05, 4.69) is 25.9 Å². The summed E-state index contributed by atoms with van der Waals surface area (Å²) in [6, 6.07) is 4.12. The molecule has 3 amide bonds. The van der Waals surface area contributed by atoms with Crippen molar-refractivity contribution in [1.82, 2.24) is 25.3 Å². The van der Waals surface area contributed by atoms with E-state index in [1.807, 2.05) is 6.92 Å². The van der Waals surface area contributed by atoms with Crippen molar-refractivity contribution in [3.63, 3.8) is 0 Å². The van der Waals surface area contributed by atoms with Gasteiger partial charge in [-0.3, -0.25) is 9.59 Å². The van der Waals surface area contributed by atoms with E-state index in [1.165, 1.54) is 6.07 Å². The lowest BCUT2D eigenvalue weighted by atomic mass is 9.84. The number of hydrogen-bond acceptors (Lipinski definition) is 5. The predicted molar refractivity (Wildman–Crippen MR) is 117 cm³/mol. The maximum Gasteiger partial charge on any atom is 0.333 e. The summed E-state index contributed by atoms with van der Waals surface area (Å²) >= 11 is 0. The number of halogens is 2. The highest BCUT2D eigenvalue weighted by atomic mass is 19.3. The minimum absolute atomic E-state index is 0.00921. The molecule has 1 aromatic carbocycles. The highest BCUT2D eigenvalue weighted by molar-refractivity contribution is 6.06. The Balaban J connectivity index is 0.000000968. The van der Waals surface area contributed by atoms with Crippen LogP contribution in [0.4, 0.5) is 19.3 Å². The number of carboxylic acid groups (broad SMARTS) is 1. The Morgan fingerprint density at radius 2 is 2.00 bits per heavy atom. The van der Waals surface area contributed by atoms with Crippen LogP contribution < -0.4 is 16.0 Å². The Hall–Kier alpha value is -3.28. The van der Waals surface area contributed by atoms with Gasteiger partial charge in [-0.2, -0.15) is 13.9 Å². The zero-order chi connectivity index (χ0) is 24.0. The van der Waals surface area contributed by atoms with Crippen molar-refractivity contribution < 1.29 is 28.3 Å². The molecule has 33 heavy (non-hydrogen) atoms. The summed E-state index contributed by atoms with van der Waals surface area (Å²) in [4.78, 5) is 35.4. The van der Waals surface area contributed by atoms with E-state index in [0.29, 0.717) is 28.2 Å². The van der Waals surface area contributed by atoms with Crippen molar-refractivity contribution in [2.24, 2.45) is 5.92 Å². The lowest BCUT2D eigenvalue weighted by Gasteiger charge is -2.44. The zero-order valence-electron chi connectivity index (χ0n) is 18.3. The van der Waals surface area contributed by atoms with Crippen LogP contribution in [0.3, 0.4) is 0 Å². The van der Waals surface area contributed by atoms with Gasteiger partial charge in [0.05, 0.1) is 5.52 Å². The zero-order valence-corrected chi connectivity index (χ0v) is 18.3. The normalized spacial score (nSPS) is 21.3. The van der Waals surface area contributed by atoms with Gasteiger partial charge in [-0.25, -0.2) is 9.48 Å². The number of carbonyl (C=O) groups is 3. The van der Waals surface area contributed by atoms with E-state index in [9.17, 15) is 18.4 Å². The van der Waals surface area contributed by atoms with Crippen LogP contribution in [0.25, 0.3) is 10.9 Å². The summed E-state index contributed by atoms with van der Waals surface area (Å²) in [6.45, 7) is 2.15. The summed E-state index contributed by atoms with van der Waals surface area (Å²) in [5.41, 5.74) is 0.420. The number of amides is 3. The summed E-state index contributed by atoms with van der Waals surface area (Å²) in [5.74, 6) is -0.0283. The van der Waals surface area contributed by atoms with Crippen molar-refractivity contribution in [3.8, 4) is 0 Å². The second-order valence-corrected chi connectivity index (χ2v) is 8.01. The number of nitrogens with one attached hydrogen (secondary N) is 3. The largest absolute Gasteiger partial charge is 0.483 e. The van der Waals surface area contributed by atoms with Crippen molar-refractivity contribution in [3.05, 3.63) is 23.9 Å². The second kappa shape index (κ2) is 11.0. The number of fused-ring (bicyclic) bond motifs is 4. The SMILES string of the molecule is CCCNC(=O)Nc1ccc2c(C(=O)N[C@@H]3CN4CCC3CC4)nn(C(F)F)c2c1.O=CO. The average molecular weight is 466 g/mol. The molecule has 0 aliphatic carbocycles. The number of nitrogens with zero attached hydrogens (tertiary/aromatic N) is 3. The van der Waals surface area contributed by atoms with Gasteiger partial charge in [-0.15, -0.1) is 0 Å².